The van der Waals surface area contributed by atoms with Gasteiger partial charge in [-0.05, 0) is 88.9 Å². The van der Waals surface area contributed by atoms with E-state index in [1.54, 1.807) is 0 Å². The van der Waals surface area contributed by atoms with Crippen LogP contribution in [0, 0.1) is 23.7 Å². The Hall–Kier alpha value is -0.300. The molecule has 110 valence electrons. The van der Waals surface area contributed by atoms with Crippen molar-refractivity contribution in [3.8, 4) is 0 Å². The molecule has 1 heteroatoms. The molecule has 0 aromatic heterocycles. The summed E-state index contributed by atoms with van der Waals surface area (Å²) in [4.78, 5) is 0. The third-order valence-corrected chi connectivity index (χ3v) is 5.80. The Bertz CT molecular complexity index is 267. The highest BCUT2D eigenvalue weighted by molar-refractivity contribution is 4.91. The Kier molecular flexibility index (Phi) is 5.94. The average Bonchev–Trinajstić information content (AvgIpc) is 2.48. The van der Waals surface area contributed by atoms with Crippen LogP contribution < -0.4 is 0 Å². The molecular formula is C18H32O. The Balaban J connectivity index is 1.74. The molecule has 2 fully saturated rings. The maximum Gasteiger partial charge on any atom is 0.0571 e. The molecule has 2 saturated carbocycles. The molecule has 0 saturated heterocycles. The SMILES string of the molecule is C/C=C\C1CCC(C2CCC(C(C)OC)CC2)CC1. The van der Waals surface area contributed by atoms with Crippen molar-refractivity contribution in [3.63, 3.8) is 0 Å². The van der Waals surface area contributed by atoms with Crippen LogP contribution in [0.4, 0.5) is 0 Å². The highest BCUT2D eigenvalue weighted by atomic mass is 16.5. The third-order valence-electron chi connectivity index (χ3n) is 5.80. The first-order valence-corrected chi connectivity index (χ1v) is 8.40. The van der Waals surface area contributed by atoms with Gasteiger partial charge in [0.05, 0.1) is 6.10 Å². The molecule has 1 atom stereocenters. The van der Waals surface area contributed by atoms with Crippen molar-refractivity contribution in [2.45, 2.75) is 71.3 Å². The van der Waals surface area contributed by atoms with Gasteiger partial charge in [-0.25, -0.2) is 0 Å². The molecule has 2 aliphatic rings. The van der Waals surface area contributed by atoms with Crippen molar-refractivity contribution >= 4 is 0 Å². The van der Waals surface area contributed by atoms with Gasteiger partial charge in [0, 0.05) is 7.11 Å². The van der Waals surface area contributed by atoms with E-state index in [1.807, 2.05) is 7.11 Å². The number of allylic oxidation sites excluding steroid dienone is 2. The van der Waals surface area contributed by atoms with Crippen LogP contribution in [-0.4, -0.2) is 13.2 Å². The molecule has 19 heavy (non-hydrogen) atoms. The fourth-order valence-corrected chi connectivity index (χ4v) is 4.36. The van der Waals surface area contributed by atoms with Crippen molar-refractivity contribution in [1.82, 2.24) is 0 Å². The molecule has 0 aliphatic heterocycles. The Morgan fingerprint density at radius 3 is 1.89 bits per heavy atom. The van der Waals surface area contributed by atoms with Crippen LogP contribution in [0.25, 0.3) is 0 Å². The predicted molar refractivity (Wildman–Crippen MR) is 82.2 cm³/mol. The summed E-state index contributed by atoms with van der Waals surface area (Å²) in [6, 6.07) is 0. The van der Waals surface area contributed by atoms with E-state index in [0.29, 0.717) is 6.10 Å². The van der Waals surface area contributed by atoms with Gasteiger partial charge in [-0.3, -0.25) is 0 Å². The average molecular weight is 264 g/mol. The van der Waals surface area contributed by atoms with Gasteiger partial charge in [-0.15, -0.1) is 0 Å². The fraction of sp³-hybridized carbons (Fsp3) is 0.889. The van der Waals surface area contributed by atoms with E-state index >= 15 is 0 Å². The number of hydrogen-bond acceptors (Lipinski definition) is 1. The molecule has 0 aromatic carbocycles. The van der Waals surface area contributed by atoms with Gasteiger partial charge in [0.15, 0.2) is 0 Å². The van der Waals surface area contributed by atoms with Crippen LogP contribution in [0.2, 0.25) is 0 Å². The van der Waals surface area contributed by atoms with E-state index < -0.39 is 0 Å². The van der Waals surface area contributed by atoms with Gasteiger partial charge in [0.25, 0.3) is 0 Å². The van der Waals surface area contributed by atoms with Gasteiger partial charge in [0.2, 0.25) is 0 Å². The minimum atomic E-state index is 0.464. The molecule has 1 nitrogen and oxygen atoms in total. The van der Waals surface area contributed by atoms with E-state index in [2.05, 4.69) is 26.0 Å². The molecule has 0 spiro atoms. The molecule has 0 radical (unpaired) electrons. The van der Waals surface area contributed by atoms with E-state index in [1.165, 1.54) is 51.4 Å². The fourth-order valence-electron chi connectivity index (χ4n) is 4.36. The largest absolute Gasteiger partial charge is 0.381 e. The standard InChI is InChI=1S/C18H32O/c1-4-5-15-6-8-17(9-7-15)18-12-10-16(11-13-18)14(2)19-3/h4-5,14-18H,6-13H2,1-3H3/b5-4-. The summed E-state index contributed by atoms with van der Waals surface area (Å²) in [5.74, 6) is 3.75. The maximum absolute atomic E-state index is 5.50. The molecule has 0 aromatic rings. The maximum atomic E-state index is 5.50. The molecule has 1 unspecified atom stereocenters. The summed E-state index contributed by atoms with van der Waals surface area (Å²) in [6.45, 7) is 4.40. The van der Waals surface area contributed by atoms with E-state index in [0.717, 1.165) is 23.7 Å². The molecule has 0 heterocycles. The lowest BCUT2D eigenvalue weighted by Crippen LogP contribution is -2.29. The zero-order valence-electron chi connectivity index (χ0n) is 13.1. The number of methoxy groups -OCH3 is 1. The van der Waals surface area contributed by atoms with Crippen LogP contribution >= 0.6 is 0 Å². The molecule has 0 bridgehead atoms. The van der Waals surface area contributed by atoms with Crippen LogP contribution in [0.15, 0.2) is 12.2 Å². The Morgan fingerprint density at radius 1 is 0.895 bits per heavy atom. The lowest BCUT2D eigenvalue weighted by Gasteiger charge is -2.38. The second-order valence-corrected chi connectivity index (χ2v) is 6.82. The summed E-state index contributed by atoms with van der Waals surface area (Å²) in [7, 11) is 1.86. The third kappa shape index (κ3) is 4.08. The van der Waals surface area contributed by atoms with Crippen LogP contribution in [-0.2, 0) is 4.74 Å². The normalized spacial score (nSPS) is 38.5. The van der Waals surface area contributed by atoms with Crippen LogP contribution in [0.3, 0.4) is 0 Å². The summed E-state index contributed by atoms with van der Waals surface area (Å²) in [6.07, 6.45) is 16.7. The van der Waals surface area contributed by atoms with Crippen molar-refractivity contribution in [1.29, 1.82) is 0 Å². The topological polar surface area (TPSA) is 9.23 Å². The van der Waals surface area contributed by atoms with Gasteiger partial charge >= 0.3 is 0 Å². The lowest BCUT2D eigenvalue weighted by atomic mass is 9.68. The van der Waals surface area contributed by atoms with Gasteiger partial charge in [-0.2, -0.15) is 0 Å². The number of hydrogen-bond donors (Lipinski definition) is 0. The second-order valence-electron chi connectivity index (χ2n) is 6.82. The van der Waals surface area contributed by atoms with Crippen LogP contribution in [0.1, 0.15) is 65.2 Å². The van der Waals surface area contributed by atoms with Gasteiger partial charge in [0.1, 0.15) is 0 Å². The molecule has 2 aliphatic carbocycles. The highest BCUT2D eigenvalue weighted by Gasteiger charge is 2.31. The zero-order valence-corrected chi connectivity index (χ0v) is 13.1. The monoisotopic (exact) mass is 264 g/mol. The van der Waals surface area contributed by atoms with Crippen molar-refractivity contribution in [3.05, 3.63) is 12.2 Å². The first-order chi connectivity index (χ1) is 9.24. The minimum Gasteiger partial charge on any atom is -0.381 e. The number of ether oxygens (including phenoxy) is 1. The Labute approximate surface area is 119 Å². The predicted octanol–water partition coefficient (Wildman–Crippen LogP) is 5.21. The van der Waals surface area contributed by atoms with E-state index in [-0.39, 0.29) is 0 Å². The summed E-state index contributed by atoms with van der Waals surface area (Å²) < 4.78 is 5.50. The quantitative estimate of drug-likeness (QED) is 0.633. The van der Waals surface area contributed by atoms with Gasteiger partial charge in [-0.1, -0.05) is 12.2 Å². The molecule has 0 amide bonds. The molecular weight excluding hydrogens is 232 g/mol. The molecule has 0 N–H and O–H groups in total. The van der Waals surface area contributed by atoms with Crippen LogP contribution in [0.5, 0.6) is 0 Å². The van der Waals surface area contributed by atoms with Crippen molar-refractivity contribution in [2.75, 3.05) is 7.11 Å². The number of rotatable bonds is 4. The Morgan fingerprint density at radius 2 is 1.42 bits per heavy atom. The van der Waals surface area contributed by atoms with Crippen molar-refractivity contribution in [2.24, 2.45) is 23.7 Å². The summed E-state index contributed by atoms with van der Waals surface area (Å²) in [5, 5.41) is 0. The summed E-state index contributed by atoms with van der Waals surface area (Å²) >= 11 is 0. The van der Waals surface area contributed by atoms with Crippen molar-refractivity contribution < 1.29 is 4.74 Å². The lowest BCUT2D eigenvalue weighted by molar-refractivity contribution is 0.0336. The minimum absolute atomic E-state index is 0.464. The first kappa shape index (κ1) is 15.1. The molecule has 2 rings (SSSR count). The first-order valence-electron chi connectivity index (χ1n) is 8.40. The van der Waals surface area contributed by atoms with E-state index in [4.69, 9.17) is 4.74 Å². The van der Waals surface area contributed by atoms with E-state index in [9.17, 15) is 0 Å². The smallest absolute Gasteiger partial charge is 0.0571 e. The second kappa shape index (κ2) is 7.47. The van der Waals surface area contributed by atoms with Gasteiger partial charge < -0.3 is 4.74 Å². The summed E-state index contributed by atoms with van der Waals surface area (Å²) in [5.41, 5.74) is 0. The highest BCUT2D eigenvalue weighted by Crippen LogP contribution is 2.42. The zero-order chi connectivity index (χ0) is 13.7.